The van der Waals surface area contributed by atoms with Gasteiger partial charge in [-0.2, -0.15) is 0 Å². The van der Waals surface area contributed by atoms with E-state index < -0.39 is 11.5 Å². The number of rotatable bonds is 3. The minimum atomic E-state index is -1.12. The predicted octanol–water partition coefficient (Wildman–Crippen LogP) is 3.60. The van der Waals surface area contributed by atoms with Crippen LogP contribution in [0, 0.1) is 6.92 Å². The lowest BCUT2D eigenvalue weighted by Crippen LogP contribution is -2.56. The first-order chi connectivity index (χ1) is 10.9. The Morgan fingerprint density at radius 1 is 1.17 bits per heavy atom. The topological polar surface area (TPSA) is 70.8 Å². The van der Waals surface area contributed by atoms with E-state index in [2.05, 4.69) is 0 Å². The number of benzene rings is 1. The maximum atomic E-state index is 12.8. The lowest BCUT2D eigenvalue weighted by molar-refractivity contribution is -0.151. The molecule has 1 N–H and O–H groups in total. The van der Waals surface area contributed by atoms with Crippen molar-refractivity contribution in [2.24, 2.45) is 0 Å². The van der Waals surface area contributed by atoms with E-state index in [-0.39, 0.29) is 11.7 Å². The number of carbonyl (C=O) groups is 2. The van der Waals surface area contributed by atoms with Gasteiger partial charge >= 0.3 is 5.97 Å². The number of aliphatic carboxylic acids is 1. The van der Waals surface area contributed by atoms with E-state index in [0.29, 0.717) is 18.4 Å². The van der Waals surface area contributed by atoms with Crippen molar-refractivity contribution in [1.29, 1.82) is 0 Å². The van der Waals surface area contributed by atoms with Gasteiger partial charge in [-0.25, -0.2) is 4.79 Å². The van der Waals surface area contributed by atoms with Crippen LogP contribution in [-0.2, 0) is 4.79 Å². The molecular weight excluding hydrogens is 294 g/mol. The number of amides is 1. The molecule has 0 unspecified atom stereocenters. The van der Waals surface area contributed by atoms with Crippen LogP contribution in [-0.4, -0.2) is 34.5 Å². The fourth-order valence-electron chi connectivity index (χ4n) is 3.46. The predicted molar refractivity (Wildman–Crippen MR) is 86.5 cm³/mol. The zero-order valence-electron chi connectivity index (χ0n) is 13.5. The van der Waals surface area contributed by atoms with Crippen LogP contribution >= 0.6 is 0 Å². The molecule has 0 bridgehead atoms. The second-order valence-corrected chi connectivity index (χ2v) is 6.41. The summed E-state index contributed by atoms with van der Waals surface area (Å²) in [6, 6.07) is 7.39. The van der Waals surface area contributed by atoms with Gasteiger partial charge in [0.05, 0.1) is 0 Å². The highest BCUT2D eigenvalue weighted by molar-refractivity contribution is 5.99. The number of aryl methyl sites for hydroxylation is 1. The molecule has 2 aromatic rings. The monoisotopic (exact) mass is 315 g/mol. The van der Waals surface area contributed by atoms with Gasteiger partial charge in [-0.15, -0.1) is 0 Å². The summed E-state index contributed by atoms with van der Waals surface area (Å²) in [6.07, 6.45) is 3.64. The molecule has 0 aliphatic heterocycles. The summed E-state index contributed by atoms with van der Waals surface area (Å²) in [5.74, 6) is -1.11. The Balaban J connectivity index is 1.94. The van der Waals surface area contributed by atoms with Gasteiger partial charge in [0.25, 0.3) is 5.91 Å². The lowest BCUT2D eigenvalue weighted by Gasteiger charge is -2.40. The van der Waals surface area contributed by atoms with Crippen LogP contribution in [0.5, 0.6) is 0 Å². The summed E-state index contributed by atoms with van der Waals surface area (Å²) in [5.41, 5.74) is 0.602. The zero-order valence-corrected chi connectivity index (χ0v) is 13.5. The molecule has 23 heavy (non-hydrogen) atoms. The molecule has 1 aliphatic carbocycles. The summed E-state index contributed by atoms with van der Waals surface area (Å²) < 4.78 is 5.64. The van der Waals surface area contributed by atoms with Crippen molar-refractivity contribution in [3.8, 4) is 0 Å². The second kappa shape index (κ2) is 5.72. The highest BCUT2D eigenvalue weighted by Gasteiger charge is 2.46. The summed E-state index contributed by atoms with van der Waals surface area (Å²) >= 11 is 0. The standard InChI is InChI=1S/C18H21NO4/c1-12-6-7-14-13(10-12)11-15(23-14)16(20)19(2)18(17(21)22)8-4-3-5-9-18/h6-7,10-11H,3-5,8-9H2,1-2H3,(H,21,22). The number of hydrogen-bond donors (Lipinski definition) is 1. The minimum absolute atomic E-state index is 0.194. The van der Waals surface area contributed by atoms with Crippen molar-refractivity contribution < 1.29 is 19.1 Å². The van der Waals surface area contributed by atoms with Gasteiger partial charge in [-0.3, -0.25) is 4.79 Å². The van der Waals surface area contributed by atoms with Crippen LogP contribution in [0.4, 0.5) is 0 Å². The molecule has 5 heteroatoms. The van der Waals surface area contributed by atoms with Crippen LogP contribution in [0.2, 0.25) is 0 Å². The summed E-state index contributed by atoms with van der Waals surface area (Å²) in [6.45, 7) is 1.97. The maximum Gasteiger partial charge on any atom is 0.329 e. The fourth-order valence-corrected chi connectivity index (χ4v) is 3.46. The van der Waals surface area contributed by atoms with Crippen molar-refractivity contribution in [3.63, 3.8) is 0 Å². The number of carboxylic acid groups (broad SMARTS) is 1. The molecule has 1 saturated carbocycles. The average Bonchev–Trinajstić information content (AvgIpc) is 2.97. The number of hydrogen-bond acceptors (Lipinski definition) is 3. The number of fused-ring (bicyclic) bond motifs is 1. The maximum absolute atomic E-state index is 12.8. The van der Waals surface area contributed by atoms with Gasteiger partial charge in [0.1, 0.15) is 11.1 Å². The molecule has 1 fully saturated rings. The number of carbonyl (C=O) groups excluding carboxylic acids is 1. The Bertz CT molecular complexity index is 755. The lowest BCUT2D eigenvalue weighted by atomic mass is 9.80. The van der Waals surface area contributed by atoms with Gasteiger partial charge < -0.3 is 14.4 Å². The van der Waals surface area contributed by atoms with E-state index in [1.807, 2.05) is 25.1 Å². The normalized spacial score (nSPS) is 17.1. The first kappa shape index (κ1) is 15.6. The third-order valence-corrected chi connectivity index (χ3v) is 4.91. The number of carboxylic acids is 1. The molecule has 1 aromatic carbocycles. The number of nitrogens with zero attached hydrogens (tertiary/aromatic N) is 1. The van der Waals surface area contributed by atoms with Crippen LogP contribution < -0.4 is 0 Å². The van der Waals surface area contributed by atoms with Crippen LogP contribution in [0.1, 0.15) is 48.2 Å². The van der Waals surface area contributed by atoms with Gasteiger partial charge in [-0.1, -0.05) is 30.9 Å². The molecule has 1 heterocycles. The van der Waals surface area contributed by atoms with Gasteiger partial charge in [0.2, 0.25) is 0 Å². The number of furan rings is 1. The first-order valence-corrected chi connectivity index (χ1v) is 7.96. The van der Waals surface area contributed by atoms with Crippen molar-refractivity contribution in [1.82, 2.24) is 4.90 Å². The Morgan fingerprint density at radius 2 is 1.87 bits per heavy atom. The molecule has 5 nitrogen and oxygen atoms in total. The highest BCUT2D eigenvalue weighted by atomic mass is 16.4. The van der Waals surface area contributed by atoms with Gasteiger partial charge in [0, 0.05) is 12.4 Å². The Kier molecular flexibility index (Phi) is 3.88. The third kappa shape index (κ3) is 2.60. The van der Waals surface area contributed by atoms with E-state index in [0.717, 1.165) is 30.2 Å². The van der Waals surface area contributed by atoms with Crippen molar-refractivity contribution in [2.75, 3.05) is 7.05 Å². The quantitative estimate of drug-likeness (QED) is 0.939. The first-order valence-electron chi connectivity index (χ1n) is 7.96. The summed E-state index contributed by atoms with van der Waals surface area (Å²) in [7, 11) is 1.57. The largest absolute Gasteiger partial charge is 0.479 e. The van der Waals surface area contributed by atoms with E-state index in [1.54, 1.807) is 13.1 Å². The van der Waals surface area contributed by atoms with E-state index >= 15 is 0 Å². The summed E-state index contributed by atoms with van der Waals surface area (Å²) in [4.78, 5) is 26.0. The Morgan fingerprint density at radius 3 is 2.52 bits per heavy atom. The minimum Gasteiger partial charge on any atom is -0.479 e. The van der Waals surface area contributed by atoms with Crippen molar-refractivity contribution in [2.45, 2.75) is 44.6 Å². The van der Waals surface area contributed by atoms with Gasteiger partial charge in [-0.05, 0) is 38.0 Å². The Labute approximate surface area is 134 Å². The van der Waals surface area contributed by atoms with E-state index in [4.69, 9.17) is 4.42 Å². The van der Waals surface area contributed by atoms with E-state index in [1.165, 1.54) is 4.90 Å². The molecule has 0 radical (unpaired) electrons. The van der Waals surface area contributed by atoms with Crippen molar-refractivity contribution in [3.05, 3.63) is 35.6 Å². The molecule has 3 rings (SSSR count). The van der Waals surface area contributed by atoms with Crippen LogP contribution in [0.15, 0.2) is 28.7 Å². The number of likely N-dealkylation sites (N-methyl/N-ethyl adjacent to an activating group) is 1. The zero-order chi connectivity index (χ0) is 16.6. The Hall–Kier alpha value is -2.30. The fraction of sp³-hybridized carbons (Fsp3) is 0.444. The molecule has 0 saturated heterocycles. The summed E-state index contributed by atoms with van der Waals surface area (Å²) in [5, 5.41) is 10.6. The molecule has 0 atom stereocenters. The molecule has 1 aromatic heterocycles. The third-order valence-electron chi connectivity index (χ3n) is 4.91. The molecule has 1 amide bonds. The van der Waals surface area contributed by atoms with Gasteiger partial charge in [0.15, 0.2) is 5.76 Å². The van der Waals surface area contributed by atoms with Crippen LogP contribution in [0.25, 0.3) is 11.0 Å². The second-order valence-electron chi connectivity index (χ2n) is 6.41. The van der Waals surface area contributed by atoms with Crippen LogP contribution in [0.3, 0.4) is 0 Å². The molecule has 1 aliphatic rings. The van der Waals surface area contributed by atoms with Crippen molar-refractivity contribution >= 4 is 22.8 Å². The molecule has 122 valence electrons. The highest BCUT2D eigenvalue weighted by Crippen LogP contribution is 2.34. The molecule has 0 spiro atoms. The molecular formula is C18H21NO4. The smallest absolute Gasteiger partial charge is 0.329 e. The SMILES string of the molecule is Cc1ccc2oc(C(=O)N(C)C3(C(=O)O)CCCCC3)cc2c1. The average molecular weight is 315 g/mol. The van der Waals surface area contributed by atoms with E-state index in [9.17, 15) is 14.7 Å².